The van der Waals surface area contributed by atoms with Crippen LogP contribution in [0, 0.1) is 0 Å². The highest BCUT2D eigenvalue weighted by molar-refractivity contribution is 8.00. The summed E-state index contributed by atoms with van der Waals surface area (Å²) in [6.45, 7) is 1.83. The van der Waals surface area contributed by atoms with Crippen LogP contribution in [-0.2, 0) is 11.8 Å². The second-order valence-corrected chi connectivity index (χ2v) is 10.6. The average Bonchev–Trinajstić information content (AvgIpc) is 3.48. The van der Waals surface area contributed by atoms with Gasteiger partial charge in [-0.3, -0.25) is 14.6 Å². The number of carbonyl (C=O) groups excluding carboxylic acids is 2. The van der Waals surface area contributed by atoms with Crippen LogP contribution >= 0.6 is 11.8 Å². The molecule has 1 aliphatic rings. The Balaban J connectivity index is 1.20. The number of amides is 2. The SMILES string of the molecule is Cn1c(Nc2ccc(SC(F)(F)F)cc2)nc2cc(Oc3ccnc(C(=O)NCCCN4CCCC4=O)c3)ccc21. The predicted octanol–water partition coefficient (Wildman–Crippen LogP) is 5.86. The number of thioether (sulfide) groups is 1. The van der Waals surface area contributed by atoms with E-state index in [4.69, 9.17) is 4.74 Å². The van der Waals surface area contributed by atoms with E-state index >= 15 is 0 Å². The molecule has 0 atom stereocenters. The molecular formula is C28H27F3N6O3S. The highest BCUT2D eigenvalue weighted by Gasteiger charge is 2.29. The highest BCUT2D eigenvalue weighted by atomic mass is 32.2. The van der Waals surface area contributed by atoms with Crippen molar-refractivity contribution in [1.82, 2.24) is 24.8 Å². The number of hydrogen-bond acceptors (Lipinski definition) is 7. The maximum atomic E-state index is 12.6. The Morgan fingerprint density at radius 2 is 1.88 bits per heavy atom. The molecule has 4 aromatic rings. The Hall–Kier alpha value is -4.26. The first-order chi connectivity index (χ1) is 19.6. The first-order valence-corrected chi connectivity index (χ1v) is 13.8. The summed E-state index contributed by atoms with van der Waals surface area (Å²) >= 11 is -0.165. The van der Waals surface area contributed by atoms with Crippen molar-refractivity contribution in [2.24, 2.45) is 7.05 Å². The van der Waals surface area contributed by atoms with E-state index in [0.29, 0.717) is 54.6 Å². The number of aryl methyl sites for hydroxylation is 1. The number of fused-ring (bicyclic) bond motifs is 1. The normalized spacial score (nSPS) is 13.6. The van der Waals surface area contributed by atoms with Crippen molar-refractivity contribution in [2.75, 3.05) is 25.0 Å². The van der Waals surface area contributed by atoms with Gasteiger partial charge in [-0.2, -0.15) is 13.2 Å². The second kappa shape index (κ2) is 12.1. The lowest BCUT2D eigenvalue weighted by Crippen LogP contribution is -2.30. The molecule has 9 nitrogen and oxygen atoms in total. The highest BCUT2D eigenvalue weighted by Crippen LogP contribution is 2.37. The Kier molecular flexibility index (Phi) is 8.34. The molecular weight excluding hydrogens is 557 g/mol. The van der Waals surface area contributed by atoms with Crippen molar-refractivity contribution < 1.29 is 27.5 Å². The zero-order valence-electron chi connectivity index (χ0n) is 22.1. The number of carbonyl (C=O) groups is 2. The minimum atomic E-state index is -4.34. The van der Waals surface area contributed by atoms with Gasteiger partial charge in [0.15, 0.2) is 0 Å². The van der Waals surface area contributed by atoms with E-state index in [1.807, 2.05) is 22.6 Å². The zero-order chi connectivity index (χ0) is 29.0. The third-order valence-corrected chi connectivity index (χ3v) is 7.20. The molecule has 1 saturated heterocycles. The molecule has 1 fully saturated rings. The van der Waals surface area contributed by atoms with Crippen molar-refractivity contribution in [2.45, 2.75) is 29.7 Å². The lowest BCUT2D eigenvalue weighted by Gasteiger charge is -2.15. The first kappa shape index (κ1) is 28.3. The van der Waals surface area contributed by atoms with E-state index in [0.717, 1.165) is 18.5 Å². The molecule has 2 amide bonds. The van der Waals surface area contributed by atoms with E-state index in [1.165, 1.54) is 18.3 Å². The van der Waals surface area contributed by atoms with Crippen molar-refractivity contribution in [3.63, 3.8) is 0 Å². The fourth-order valence-electron chi connectivity index (χ4n) is 4.46. The summed E-state index contributed by atoms with van der Waals surface area (Å²) < 4.78 is 45.6. The van der Waals surface area contributed by atoms with E-state index in [1.54, 1.807) is 36.4 Å². The van der Waals surface area contributed by atoms with Crippen LogP contribution < -0.4 is 15.4 Å². The molecule has 2 aromatic carbocycles. The van der Waals surface area contributed by atoms with Gasteiger partial charge in [0.05, 0.1) is 11.0 Å². The third-order valence-electron chi connectivity index (χ3n) is 6.46. The molecule has 13 heteroatoms. The second-order valence-electron chi connectivity index (χ2n) is 9.41. The molecule has 3 heterocycles. The molecule has 214 valence electrons. The Bertz CT molecular complexity index is 1560. The molecule has 0 bridgehead atoms. The molecule has 2 aromatic heterocycles. The van der Waals surface area contributed by atoms with Crippen LogP contribution in [0.5, 0.6) is 11.5 Å². The van der Waals surface area contributed by atoms with Gasteiger partial charge < -0.3 is 24.8 Å². The maximum Gasteiger partial charge on any atom is 0.446 e. The van der Waals surface area contributed by atoms with Gasteiger partial charge >= 0.3 is 5.51 Å². The average molecular weight is 585 g/mol. The summed E-state index contributed by atoms with van der Waals surface area (Å²) in [6.07, 6.45) is 3.64. The number of alkyl halides is 3. The van der Waals surface area contributed by atoms with Gasteiger partial charge in [-0.05, 0) is 67.1 Å². The predicted molar refractivity (Wildman–Crippen MR) is 149 cm³/mol. The number of aromatic nitrogens is 3. The summed E-state index contributed by atoms with van der Waals surface area (Å²) in [5, 5.41) is 5.96. The number of hydrogen-bond donors (Lipinski definition) is 2. The van der Waals surface area contributed by atoms with E-state index in [2.05, 4.69) is 20.6 Å². The van der Waals surface area contributed by atoms with Crippen molar-refractivity contribution in [1.29, 1.82) is 0 Å². The van der Waals surface area contributed by atoms with Crippen LogP contribution in [0.2, 0.25) is 0 Å². The largest absolute Gasteiger partial charge is 0.457 e. The molecule has 1 aliphatic heterocycles. The van der Waals surface area contributed by atoms with Crippen molar-refractivity contribution >= 4 is 46.2 Å². The molecule has 0 unspecified atom stereocenters. The summed E-state index contributed by atoms with van der Waals surface area (Å²) in [5.74, 6) is 1.27. The fraction of sp³-hybridized carbons (Fsp3) is 0.286. The maximum absolute atomic E-state index is 12.6. The van der Waals surface area contributed by atoms with E-state index < -0.39 is 5.51 Å². The summed E-state index contributed by atoms with van der Waals surface area (Å²) in [7, 11) is 1.82. The number of imidazole rings is 1. The van der Waals surface area contributed by atoms with E-state index in [-0.39, 0.29) is 34.2 Å². The Morgan fingerprint density at radius 1 is 1.10 bits per heavy atom. The van der Waals surface area contributed by atoms with Gasteiger partial charge in [-0.25, -0.2) is 4.98 Å². The number of halogens is 3. The fourth-order valence-corrected chi connectivity index (χ4v) is 5.00. The molecule has 0 saturated carbocycles. The van der Waals surface area contributed by atoms with Crippen LogP contribution in [0.3, 0.4) is 0 Å². The molecule has 41 heavy (non-hydrogen) atoms. The molecule has 0 spiro atoms. The molecule has 0 aliphatic carbocycles. The smallest absolute Gasteiger partial charge is 0.446 e. The lowest BCUT2D eigenvalue weighted by atomic mass is 10.3. The number of likely N-dealkylation sites (tertiary alicyclic amines) is 1. The summed E-state index contributed by atoms with van der Waals surface area (Å²) in [6, 6.07) is 14.5. The van der Waals surface area contributed by atoms with E-state index in [9.17, 15) is 22.8 Å². The minimum absolute atomic E-state index is 0.0989. The van der Waals surface area contributed by atoms with Gasteiger partial charge in [-0.1, -0.05) is 0 Å². The first-order valence-electron chi connectivity index (χ1n) is 12.9. The van der Waals surface area contributed by atoms with Gasteiger partial charge in [0, 0.05) is 62.0 Å². The standard InChI is InChI=1S/C28H27F3N6O3S/c1-36-24-10-7-19(16-22(24)35-27(36)34-18-5-8-21(9-6-18)41-28(29,30)31)40-20-11-13-32-23(17-20)26(39)33-12-3-15-37-14-2-4-25(37)38/h5-11,13,16-17H,2-4,12,14-15H2,1H3,(H,33,39)(H,34,35). The Labute approximate surface area is 238 Å². The van der Waals surface area contributed by atoms with Gasteiger partial charge in [0.25, 0.3) is 5.91 Å². The van der Waals surface area contributed by atoms with Gasteiger partial charge in [-0.15, -0.1) is 0 Å². The monoisotopic (exact) mass is 584 g/mol. The number of pyridine rings is 1. The van der Waals surface area contributed by atoms with Crippen LogP contribution in [0.1, 0.15) is 29.8 Å². The Morgan fingerprint density at radius 3 is 2.61 bits per heavy atom. The number of nitrogens with one attached hydrogen (secondary N) is 2. The quantitative estimate of drug-likeness (QED) is 0.178. The third kappa shape index (κ3) is 7.28. The van der Waals surface area contributed by atoms with Gasteiger partial charge in [0.2, 0.25) is 11.9 Å². The number of ether oxygens (including phenoxy) is 1. The molecule has 5 rings (SSSR count). The number of rotatable bonds is 10. The van der Waals surface area contributed by atoms with Crippen LogP contribution in [-0.4, -0.2) is 56.4 Å². The number of nitrogens with zero attached hydrogens (tertiary/aromatic N) is 4. The van der Waals surface area contributed by atoms with Crippen LogP contribution in [0.25, 0.3) is 11.0 Å². The zero-order valence-corrected chi connectivity index (χ0v) is 22.9. The lowest BCUT2D eigenvalue weighted by molar-refractivity contribution is -0.127. The number of benzene rings is 2. The number of anilines is 2. The topological polar surface area (TPSA) is 101 Å². The molecule has 0 radical (unpaired) electrons. The van der Waals surface area contributed by atoms with Crippen molar-refractivity contribution in [3.8, 4) is 11.5 Å². The minimum Gasteiger partial charge on any atom is -0.457 e. The van der Waals surface area contributed by atoms with Crippen LogP contribution in [0.4, 0.5) is 24.8 Å². The summed E-state index contributed by atoms with van der Waals surface area (Å²) in [5.41, 5.74) is -2.08. The van der Waals surface area contributed by atoms with Crippen molar-refractivity contribution in [3.05, 3.63) is 66.5 Å². The molecule has 2 N–H and O–H groups in total. The van der Waals surface area contributed by atoms with Crippen LogP contribution in [0.15, 0.2) is 65.7 Å². The summed E-state index contributed by atoms with van der Waals surface area (Å²) in [4.78, 5) is 34.9. The van der Waals surface area contributed by atoms with Gasteiger partial charge in [0.1, 0.15) is 17.2 Å².